The van der Waals surface area contributed by atoms with Crippen LogP contribution in [0, 0.1) is 13.8 Å². The van der Waals surface area contributed by atoms with Crippen LogP contribution in [0.3, 0.4) is 0 Å². The van der Waals surface area contributed by atoms with Gasteiger partial charge in [-0.15, -0.1) is 0 Å². The van der Waals surface area contributed by atoms with E-state index in [1.807, 2.05) is 19.9 Å². The fraction of sp³-hybridized carbons (Fsp3) is 0.273. The summed E-state index contributed by atoms with van der Waals surface area (Å²) in [6.07, 6.45) is 1.75. The Balaban J connectivity index is 2.07. The quantitative estimate of drug-likeness (QED) is 0.657. The molecule has 0 amide bonds. The van der Waals surface area contributed by atoms with Crippen molar-refractivity contribution in [3.63, 3.8) is 0 Å². The molecule has 0 fully saturated rings. The molecule has 17 heavy (non-hydrogen) atoms. The van der Waals surface area contributed by atoms with Crippen LogP contribution in [0.2, 0.25) is 0 Å². The van der Waals surface area contributed by atoms with Gasteiger partial charge in [0.15, 0.2) is 5.16 Å². The van der Waals surface area contributed by atoms with E-state index >= 15 is 0 Å². The second-order valence-electron chi connectivity index (χ2n) is 3.62. The minimum atomic E-state index is 0.498. The second-order valence-corrected chi connectivity index (χ2v) is 4.56. The molecule has 2 aromatic rings. The Bertz CT molecular complexity index is 509. The van der Waals surface area contributed by atoms with Crippen molar-refractivity contribution < 1.29 is 0 Å². The number of hydrogen-bond donors (Lipinski definition) is 1. The van der Waals surface area contributed by atoms with Crippen LogP contribution < -0.4 is 5.73 Å². The molecule has 0 aliphatic heterocycles. The molecule has 0 aromatic carbocycles. The number of hydrogen-bond acceptors (Lipinski definition) is 6. The van der Waals surface area contributed by atoms with Gasteiger partial charge in [0.25, 0.3) is 0 Å². The van der Waals surface area contributed by atoms with E-state index in [0.29, 0.717) is 17.4 Å². The minimum Gasteiger partial charge on any atom is -0.384 e. The molecule has 2 aromatic heterocycles. The van der Waals surface area contributed by atoms with E-state index in [2.05, 4.69) is 19.9 Å². The van der Waals surface area contributed by atoms with Crippen molar-refractivity contribution in [2.24, 2.45) is 0 Å². The summed E-state index contributed by atoms with van der Waals surface area (Å²) < 4.78 is 0. The first-order chi connectivity index (χ1) is 8.13. The predicted octanol–water partition coefficient (Wildman–Crippen LogP) is 1.76. The smallest absolute Gasteiger partial charge is 0.188 e. The molecule has 0 aliphatic carbocycles. The van der Waals surface area contributed by atoms with Crippen LogP contribution in [-0.2, 0) is 5.75 Å². The lowest BCUT2D eigenvalue weighted by Gasteiger charge is -2.02. The number of thioether (sulfide) groups is 1. The molecule has 5 nitrogen and oxygen atoms in total. The Morgan fingerprint density at radius 3 is 2.71 bits per heavy atom. The summed E-state index contributed by atoms with van der Waals surface area (Å²) in [5.74, 6) is 1.82. The lowest BCUT2D eigenvalue weighted by Crippen LogP contribution is -2.00. The van der Waals surface area contributed by atoms with Crippen molar-refractivity contribution in [1.29, 1.82) is 0 Å². The third kappa shape index (κ3) is 3.39. The molecular weight excluding hydrogens is 234 g/mol. The number of nitrogen functional groups attached to an aromatic ring is 1. The molecule has 6 heteroatoms. The van der Waals surface area contributed by atoms with Gasteiger partial charge in [-0.25, -0.2) is 19.9 Å². The van der Waals surface area contributed by atoms with Crippen LogP contribution in [0.4, 0.5) is 5.82 Å². The topological polar surface area (TPSA) is 77.6 Å². The summed E-state index contributed by atoms with van der Waals surface area (Å²) in [7, 11) is 0. The molecule has 88 valence electrons. The molecular formula is C11H13N5S. The Hall–Kier alpha value is -1.69. The highest BCUT2D eigenvalue weighted by Crippen LogP contribution is 2.17. The predicted molar refractivity (Wildman–Crippen MR) is 67.5 cm³/mol. The van der Waals surface area contributed by atoms with E-state index in [4.69, 9.17) is 5.73 Å². The van der Waals surface area contributed by atoms with Gasteiger partial charge >= 0.3 is 0 Å². The maximum absolute atomic E-state index is 5.66. The van der Waals surface area contributed by atoms with E-state index in [1.54, 1.807) is 12.3 Å². The van der Waals surface area contributed by atoms with Gasteiger partial charge in [0.05, 0.1) is 5.75 Å². The average molecular weight is 247 g/mol. The van der Waals surface area contributed by atoms with Crippen LogP contribution in [0.25, 0.3) is 0 Å². The largest absolute Gasteiger partial charge is 0.384 e. The third-order valence-electron chi connectivity index (χ3n) is 2.02. The first-order valence-corrected chi connectivity index (χ1v) is 6.14. The highest BCUT2D eigenvalue weighted by atomic mass is 32.2. The lowest BCUT2D eigenvalue weighted by molar-refractivity contribution is 0.925. The molecule has 0 bridgehead atoms. The molecule has 0 aliphatic rings. The van der Waals surface area contributed by atoms with Gasteiger partial charge in [-0.1, -0.05) is 11.8 Å². The van der Waals surface area contributed by atoms with Crippen molar-refractivity contribution in [3.8, 4) is 0 Å². The maximum Gasteiger partial charge on any atom is 0.188 e. The highest BCUT2D eigenvalue weighted by molar-refractivity contribution is 7.98. The van der Waals surface area contributed by atoms with Gasteiger partial charge in [0.2, 0.25) is 0 Å². The molecule has 0 saturated carbocycles. The molecule has 0 saturated heterocycles. The summed E-state index contributed by atoms with van der Waals surface area (Å²) in [4.78, 5) is 16.9. The summed E-state index contributed by atoms with van der Waals surface area (Å²) in [6, 6.07) is 3.61. The van der Waals surface area contributed by atoms with Crippen LogP contribution in [0.5, 0.6) is 0 Å². The van der Waals surface area contributed by atoms with Crippen LogP contribution in [0.15, 0.2) is 23.5 Å². The van der Waals surface area contributed by atoms with Crippen molar-refractivity contribution in [2.75, 3.05) is 5.73 Å². The number of rotatable bonds is 3. The van der Waals surface area contributed by atoms with Crippen LogP contribution in [-0.4, -0.2) is 19.9 Å². The van der Waals surface area contributed by atoms with E-state index in [-0.39, 0.29) is 0 Å². The van der Waals surface area contributed by atoms with Gasteiger partial charge in [-0.3, -0.25) is 0 Å². The Kier molecular flexibility index (Phi) is 3.53. The summed E-state index contributed by atoms with van der Waals surface area (Å²) >= 11 is 1.50. The summed E-state index contributed by atoms with van der Waals surface area (Å²) in [6.45, 7) is 3.84. The monoisotopic (exact) mass is 247 g/mol. The molecule has 0 atom stereocenters. The van der Waals surface area contributed by atoms with Crippen molar-refractivity contribution >= 4 is 17.6 Å². The van der Waals surface area contributed by atoms with Gasteiger partial charge < -0.3 is 5.73 Å². The van der Waals surface area contributed by atoms with Gasteiger partial charge in [0.1, 0.15) is 11.6 Å². The second kappa shape index (κ2) is 5.09. The minimum absolute atomic E-state index is 0.498. The average Bonchev–Trinajstić information content (AvgIpc) is 2.25. The zero-order valence-corrected chi connectivity index (χ0v) is 10.5. The fourth-order valence-corrected chi connectivity index (χ4v) is 2.08. The molecule has 2 N–H and O–H groups in total. The summed E-state index contributed by atoms with van der Waals surface area (Å²) in [5.41, 5.74) is 7.49. The van der Waals surface area contributed by atoms with Gasteiger partial charge in [0, 0.05) is 23.7 Å². The zero-order valence-electron chi connectivity index (χ0n) is 9.71. The van der Waals surface area contributed by atoms with Crippen molar-refractivity contribution in [3.05, 3.63) is 35.5 Å². The maximum atomic E-state index is 5.66. The number of anilines is 1. The molecule has 0 radical (unpaired) electrons. The standard InChI is InChI=1S/C11H13N5S/c1-7-3-4-13-11(15-7)17-6-10-14-8(2)5-9(12)16-10/h3-5H,6H2,1-2H3,(H2,12,14,16). The van der Waals surface area contributed by atoms with E-state index < -0.39 is 0 Å². The fourth-order valence-electron chi connectivity index (χ4n) is 1.35. The Morgan fingerprint density at radius 1 is 1.18 bits per heavy atom. The van der Waals surface area contributed by atoms with E-state index in [1.165, 1.54) is 11.8 Å². The summed E-state index contributed by atoms with van der Waals surface area (Å²) in [5, 5.41) is 0.730. The normalized spacial score (nSPS) is 10.5. The van der Waals surface area contributed by atoms with E-state index in [0.717, 1.165) is 16.5 Å². The van der Waals surface area contributed by atoms with Crippen molar-refractivity contribution in [2.45, 2.75) is 24.8 Å². The van der Waals surface area contributed by atoms with E-state index in [9.17, 15) is 0 Å². The first kappa shape index (κ1) is 11.8. The van der Waals surface area contributed by atoms with Crippen molar-refractivity contribution in [1.82, 2.24) is 19.9 Å². The van der Waals surface area contributed by atoms with Crippen LogP contribution >= 0.6 is 11.8 Å². The SMILES string of the molecule is Cc1cc(N)nc(CSc2nccc(C)n2)n1. The van der Waals surface area contributed by atoms with Crippen LogP contribution in [0.1, 0.15) is 17.2 Å². The molecule has 2 heterocycles. The number of nitrogens with two attached hydrogens (primary N) is 1. The lowest BCUT2D eigenvalue weighted by atomic mass is 10.4. The van der Waals surface area contributed by atoms with Gasteiger partial charge in [-0.2, -0.15) is 0 Å². The Morgan fingerprint density at radius 2 is 2.00 bits per heavy atom. The number of aryl methyl sites for hydroxylation is 2. The number of nitrogens with zero attached hydrogens (tertiary/aromatic N) is 4. The molecule has 0 spiro atoms. The molecule has 2 rings (SSSR count). The highest BCUT2D eigenvalue weighted by Gasteiger charge is 2.03. The third-order valence-corrected chi connectivity index (χ3v) is 2.88. The van der Waals surface area contributed by atoms with Gasteiger partial charge in [-0.05, 0) is 19.9 Å². The zero-order chi connectivity index (χ0) is 12.3. The molecule has 0 unspecified atom stereocenters. The Labute approximate surface area is 104 Å². The first-order valence-electron chi connectivity index (χ1n) is 5.16. The number of aromatic nitrogens is 4.